The molecule has 1 amide bonds. The van der Waals surface area contributed by atoms with Crippen LogP contribution in [-0.2, 0) is 0 Å². The van der Waals surface area contributed by atoms with Crippen LogP contribution in [0.25, 0.3) is 0 Å². The van der Waals surface area contributed by atoms with Crippen LogP contribution in [0.3, 0.4) is 0 Å². The largest absolute Gasteiger partial charge is 0.485 e. The third-order valence-electron chi connectivity index (χ3n) is 1.73. The molecule has 0 spiro atoms. The smallest absolute Gasteiger partial charge is 0.412 e. The Kier molecular flexibility index (Phi) is 4.39. The molecule has 4 nitrogen and oxygen atoms in total. The van der Waals surface area contributed by atoms with Crippen molar-refractivity contribution >= 4 is 6.09 Å². The Morgan fingerprint density at radius 3 is 2.56 bits per heavy atom. The maximum absolute atomic E-state index is 11.1. The molecule has 0 aliphatic rings. The molecule has 0 saturated carbocycles. The van der Waals surface area contributed by atoms with Gasteiger partial charge < -0.3 is 14.8 Å². The Morgan fingerprint density at radius 2 is 2.00 bits per heavy atom. The molecule has 1 N–H and O–H groups in total. The van der Waals surface area contributed by atoms with E-state index < -0.39 is 6.09 Å². The summed E-state index contributed by atoms with van der Waals surface area (Å²) < 4.78 is 10.5. The summed E-state index contributed by atoms with van der Waals surface area (Å²) in [4.78, 5) is 11.1. The number of nitrogens with one attached hydrogen (secondary N) is 1. The topological polar surface area (TPSA) is 47.6 Å². The first-order chi connectivity index (χ1) is 7.63. The van der Waals surface area contributed by atoms with Crippen molar-refractivity contribution in [1.82, 2.24) is 5.32 Å². The molecule has 0 radical (unpaired) electrons. The van der Waals surface area contributed by atoms with Crippen molar-refractivity contribution in [1.29, 1.82) is 0 Å². The molecular formula is C12H15NO3. The molecule has 1 aromatic carbocycles. The molecule has 0 aliphatic carbocycles. The number of para-hydroxylation sites is 2. The number of benzene rings is 1. The minimum Gasteiger partial charge on any atom is -0.485 e. The van der Waals surface area contributed by atoms with Gasteiger partial charge in [-0.1, -0.05) is 18.7 Å². The summed E-state index contributed by atoms with van der Waals surface area (Å²) in [6.07, 6.45) is -0.522. The van der Waals surface area contributed by atoms with Crippen LogP contribution in [0.1, 0.15) is 6.92 Å². The van der Waals surface area contributed by atoms with Gasteiger partial charge in [-0.25, -0.2) is 4.79 Å². The van der Waals surface area contributed by atoms with Crippen molar-refractivity contribution in [3.05, 3.63) is 36.4 Å². The van der Waals surface area contributed by atoms with Gasteiger partial charge in [0.2, 0.25) is 0 Å². The van der Waals surface area contributed by atoms with Gasteiger partial charge >= 0.3 is 6.09 Å². The fraction of sp³-hybridized carbons (Fsp3) is 0.250. The summed E-state index contributed by atoms with van der Waals surface area (Å²) in [5, 5.41) is 2.37. The van der Waals surface area contributed by atoms with Crippen molar-refractivity contribution in [2.45, 2.75) is 6.92 Å². The van der Waals surface area contributed by atoms with Gasteiger partial charge in [-0.2, -0.15) is 0 Å². The lowest BCUT2D eigenvalue weighted by atomic mass is 10.3. The lowest BCUT2D eigenvalue weighted by molar-refractivity contribution is 0.200. The standard InChI is InChI=1S/C12H15NO3/c1-9(2)8-15-10-6-4-5-7-11(10)16-12(14)13-3/h4-7H,1,8H2,2-3H3,(H,13,14). The molecule has 16 heavy (non-hydrogen) atoms. The molecule has 0 aromatic heterocycles. The Hall–Kier alpha value is -1.97. The second-order valence-electron chi connectivity index (χ2n) is 3.33. The van der Waals surface area contributed by atoms with Gasteiger partial charge in [0.25, 0.3) is 0 Å². The zero-order chi connectivity index (χ0) is 12.0. The Labute approximate surface area is 94.9 Å². The number of hydrogen-bond donors (Lipinski definition) is 1. The second-order valence-corrected chi connectivity index (χ2v) is 3.33. The molecule has 0 atom stereocenters. The van der Waals surface area contributed by atoms with Gasteiger partial charge in [-0.15, -0.1) is 0 Å². The highest BCUT2D eigenvalue weighted by atomic mass is 16.6. The predicted octanol–water partition coefficient (Wildman–Crippen LogP) is 2.36. The molecule has 0 fully saturated rings. The van der Waals surface area contributed by atoms with Gasteiger partial charge in [-0.05, 0) is 24.6 Å². The van der Waals surface area contributed by atoms with Gasteiger partial charge in [0.15, 0.2) is 11.5 Å². The van der Waals surface area contributed by atoms with Crippen molar-refractivity contribution in [3.8, 4) is 11.5 Å². The summed E-state index contributed by atoms with van der Waals surface area (Å²) in [5.41, 5.74) is 0.898. The Morgan fingerprint density at radius 1 is 1.38 bits per heavy atom. The molecule has 86 valence electrons. The number of hydrogen-bond acceptors (Lipinski definition) is 3. The molecule has 0 unspecified atom stereocenters. The SMILES string of the molecule is C=C(C)COc1ccccc1OC(=O)NC. The number of carbonyl (C=O) groups excluding carboxylic acids is 1. The zero-order valence-corrected chi connectivity index (χ0v) is 9.45. The van der Waals surface area contributed by atoms with Crippen LogP contribution in [-0.4, -0.2) is 19.7 Å². The molecule has 0 heterocycles. The van der Waals surface area contributed by atoms with Crippen molar-refractivity contribution < 1.29 is 14.3 Å². The highest BCUT2D eigenvalue weighted by Crippen LogP contribution is 2.26. The number of amides is 1. The Bertz CT molecular complexity index is 388. The minimum atomic E-state index is -0.522. The summed E-state index contributed by atoms with van der Waals surface area (Å²) in [5.74, 6) is 0.914. The van der Waals surface area contributed by atoms with Gasteiger partial charge in [-0.3, -0.25) is 0 Å². The van der Waals surface area contributed by atoms with Crippen LogP contribution in [0.15, 0.2) is 36.4 Å². The molecular weight excluding hydrogens is 206 g/mol. The second kappa shape index (κ2) is 5.80. The highest BCUT2D eigenvalue weighted by Gasteiger charge is 2.07. The van der Waals surface area contributed by atoms with E-state index in [-0.39, 0.29) is 0 Å². The summed E-state index contributed by atoms with van der Waals surface area (Å²) >= 11 is 0. The molecule has 1 aromatic rings. The summed E-state index contributed by atoms with van der Waals surface area (Å²) in [6.45, 7) is 5.99. The van der Waals surface area contributed by atoms with Crippen LogP contribution in [0.4, 0.5) is 4.79 Å². The van der Waals surface area contributed by atoms with E-state index in [9.17, 15) is 4.79 Å². The molecule has 0 aliphatic heterocycles. The molecule has 1 rings (SSSR count). The maximum Gasteiger partial charge on any atom is 0.412 e. The molecule has 4 heteroatoms. The van der Waals surface area contributed by atoms with E-state index in [1.807, 2.05) is 13.0 Å². The minimum absolute atomic E-state index is 0.392. The fourth-order valence-corrected chi connectivity index (χ4v) is 1.01. The first kappa shape index (κ1) is 12.1. The van der Waals surface area contributed by atoms with Gasteiger partial charge in [0, 0.05) is 7.05 Å². The quantitative estimate of drug-likeness (QED) is 0.794. The van der Waals surface area contributed by atoms with Crippen LogP contribution in [0, 0.1) is 0 Å². The van der Waals surface area contributed by atoms with Crippen LogP contribution >= 0.6 is 0 Å². The fourth-order valence-electron chi connectivity index (χ4n) is 1.01. The van der Waals surface area contributed by atoms with E-state index in [0.717, 1.165) is 5.57 Å². The average Bonchev–Trinajstić information content (AvgIpc) is 2.27. The van der Waals surface area contributed by atoms with E-state index in [1.54, 1.807) is 18.2 Å². The number of carbonyl (C=O) groups is 1. The predicted molar refractivity (Wildman–Crippen MR) is 61.8 cm³/mol. The van der Waals surface area contributed by atoms with Crippen LogP contribution < -0.4 is 14.8 Å². The van der Waals surface area contributed by atoms with Crippen molar-refractivity contribution in [2.24, 2.45) is 0 Å². The monoisotopic (exact) mass is 221 g/mol. The Balaban J connectivity index is 2.74. The first-order valence-electron chi connectivity index (χ1n) is 4.89. The van der Waals surface area contributed by atoms with Gasteiger partial charge in [0.05, 0.1) is 0 Å². The van der Waals surface area contributed by atoms with Gasteiger partial charge in [0.1, 0.15) is 6.61 Å². The summed E-state index contributed by atoms with van der Waals surface area (Å²) in [6, 6.07) is 6.99. The average molecular weight is 221 g/mol. The van der Waals surface area contributed by atoms with E-state index in [0.29, 0.717) is 18.1 Å². The third kappa shape index (κ3) is 3.65. The van der Waals surface area contributed by atoms with E-state index in [1.165, 1.54) is 7.05 Å². The number of ether oxygens (including phenoxy) is 2. The van der Waals surface area contributed by atoms with Crippen molar-refractivity contribution in [2.75, 3.05) is 13.7 Å². The van der Waals surface area contributed by atoms with E-state index in [4.69, 9.17) is 9.47 Å². The third-order valence-corrected chi connectivity index (χ3v) is 1.73. The van der Waals surface area contributed by atoms with Crippen molar-refractivity contribution in [3.63, 3.8) is 0 Å². The molecule has 0 saturated heterocycles. The lowest BCUT2D eigenvalue weighted by Gasteiger charge is -2.10. The highest BCUT2D eigenvalue weighted by molar-refractivity contribution is 5.70. The van der Waals surface area contributed by atoms with E-state index in [2.05, 4.69) is 11.9 Å². The normalized spacial score (nSPS) is 9.38. The van der Waals surface area contributed by atoms with E-state index >= 15 is 0 Å². The zero-order valence-electron chi connectivity index (χ0n) is 9.45. The summed E-state index contributed by atoms with van der Waals surface area (Å²) in [7, 11) is 1.50. The van der Waals surface area contributed by atoms with Crippen LogP contribution in [0.5, 0.6) is 11.5 Å². The lowest BCUT2D eigenvalue weighted by Crippen LogP contribution is -2.22. The maximum atomic E-state index is 11.1. The van der Waals surface area contributed by atoms with Crippen LogP contribution in [0.2, 0.25) is 0 Å². The molecule has 0 bridgehead atoms. The number of rotatable bonds is 4. The first-order valence-corrected chi connectivity index (χ1v) is 4.89.